The van der Waals surface area contributed by atoms with Crippen molar-refractivity contribution in [3.05, 3.63) is 35.0 Å². The number of nitrogens with zero attached hydrogens (tertiary/aromatic N) is 1. The Morgan fingerprint density at radius 1 is 1.30 bits per heavy atom. The van der Waals surface area contributed by atoms with Crippen molar-refractivity contribution in [3.63, 3.8) is 0 Å². The van der Waals surface area contributed by atoms with Crippen molar-refractivity contribution in [1.29, 1.82) is 0 Å². The lowest BCUT2D eigenvalue weighted by atomic mass is 9.97. The monoisotopic (exact) mass is 548 g/mol. The minimum Gasteiger partial charge on any atom is -0.477 e. The standard InChI is InChI=1S/C20H19F3N4O9S/c1-34-19(15(31)27-13(14(29)30)9(6-35-18(25)33)7-37-16(19)27)26-12(28)4-8-2-3-10(5-11(8)24)36-17(32)20(21,22)23/h2-3,5,16H,4,6-7,24H2,1H3,(H2,25,33)(H,26,28)(H,29,30)/t16-,19-/m0/s1. The lowest BCUT2D eigenvalue weighted by molar-refractivity contribution is -0.192. The van der Waals surface area contributed by atoms with E-state index in [1.54, 1.807) is 0 Å². The lowest BCUT2D eigenvalue weighted by Gasteiger charge is -2.55. The summed E-state index contributed by atoms with van der Waals surface area (Å²) < 4.78 is 51.2. The zero-order valence-electron chi connectivity index (χ0n) is 18.8. The van der Waals surface area contributed by atoms with Crippen LogP contribution in [0, 0.1) is 0 Å². The molecule has 17 heteroatoms. The Labute approximate surface area is 209 Å². The van der Waals surface area contributed by atoms with E-state index < -0.39 is 71.6 Å². The predicted octanol–water partition coefficient (Wildman–Crippen LogP) is 0.0870. The number of thioether (sulfide) groups is 1. The minimum absolute atomic E-state index is 0.00932. The first-order chi connectivity index (χ1) is 17.2. The van der Waals surface area contributed by atoms with Crippen molar-refractivity contribution in [3.8, 4) is 5.75 Å². The fourth-order valence-corrected chi connectivity index (χ4v) is 5.02. The molecule has 2 aliphatic heterocycles. The summed E-state index contributed by atoms with van der Waals surface area (Å²) in [4.78, 5) is 60.3. The maximum atomic E-state index is 13.0. The zero-order chi connectivity index (χ0) is 27.7. The van der Waals surface area contributed by atoms with E-state index in [0.29, 0.717) is 0 Å². The van der Waals surface area contributed by atoms with Gasteiger partial charge in [-0.1, -0.05) is 6.07 Å². The third kappa shape index (κ3) is 5.41. The number of methoxy groups -OCH3 is 1. The SMILES string of the molecule is CO[C@@]1(NC(=O)Cc2ccc(OC(=O)C(F)(F)F)cc2N)C(=O)N2C(C(=O)O)=C(COC(N)=O)CS[C@H]21. The lowest BCUT2D eigenvalue weighted by Crippen LogP contribution is -2.80. The van der Waals surface area contributed by atoms with Crippen LogP contribution in [0.25, 0.3) is 0 Å². The van der Waals surface area contributed by atoms with Gasteiger partial charge in [0.05, 0.1) is 6.42 Å². The van der Waals surface area contributed by atoms with Crippen LogP contribution in [0.4, 0.5) is 23.7 Å². The smallest absolute Gasteiger partial charge is 0.477 e. The van der Waals surface area contributed by atoms with Gasteiger partial charge in [-0.25, -0.2) is 14.4 Å². The van der Waals surface area contributed by atoms with Crippen LogP contribution in [0.1, 0.15) is 5.56 Å². The summed E-state index contributed by atoms with van der Waals surface area (Å²) in [6.07, 6.45) is -6.80. The number of nitrogen functional groups attached to an aromatic ring is 1. The Hall–Kier alpha value is -3.99. The van der Waals surface area contributed by atoms with E-state index >= 15 is 0 Å². The van der Waals surface area contributed by atoms with Gasteiger partial charge in [-0.2, -0.15) is 13.2 Å². The van der Waals surface area contributed by atoms with Crippen LogP contribution in [0.5, 0.6) is 5.75 Å². The molecule has 2 atom stereocenters. The van der Waals surface area contributed by atoms with Crippen molar-refractivity contribution >= 4 is 47.3 Å². The Balaban J connectivity index is 1.74. The molecule has 3 amide bonds. The Morgan fingerprint density at radius 2 is 1.97 bits per heavy atom. The maximum absolute atomic E-state index is 13.0. The van der Waals surface area contributed by atoms with Crippen LogP contribution in [0.3, 0.4) is 0 Å². The van der Waals surface area contributed by atoms with Crippen LogP contribution in [-0.4, -0.2) is 76.6 Å². The van der Waals surface area contributed by atoms with Crippen molar-refractivity contribution in [2.75, 3.05) is 25.2 Å². The molecule has 0 bridgehead atoms. The van der Waals surface area contributed by atoms with Crippen LogP contribution >= 0.6 is 11.8 Å². The zero-order valence-corrected chi connectivity index (χ0v) is 19.6. The molecular weight excluding hydrogens is 529 g/mol. The predicted molar refractivity (Wildman–Crippen MR) is 117 cm³/mol. The van der Waals surface area contributed by atoms with Crippen molar-refractivity contribution < 1.29 is 56.5 Å². The molecule has 2 heterocycles. The van der Waals surface area contributed by atoms with Gasteiger partial charge in [0.15, 0.2) is 0 Å². The van der Waals surface area contributed by atoms with Crippen LogP contribution in [-0.2, 0) is 35.1 Å². The number of halogens is 3. The molecule has 0 unspecified atom stereocenters. The highest BCUT2D eigenvalue weighted by Crippen LogP contribution is 2.46. The first-order valence-electron chi connectivity index (χ1n) is 10.1. The van der Waals surface area contributed by atoms with Gasteiger partial charge in [0.2, 0.25) is 5.91 Å². The number of carbonyl (C=O) groups excluding carboxylic acids is 4. The number of fused-ring (bicyclic) bond motifs is 1. The number of amides is 3. The summed E-state index contributed by atoms with van der Waals surface area (Å²) in [5.41, 5.74) is 8.38. The second-order valence-electron chi connectivity index (χ2n) is 7.62. The van der Waals surface area contributed by atoms with Crippen molar-refractivity contribution in [2.45, 2.75) is 23.7 Å². The van der Waals surface area contributed by atoms with E-state index in [1.807, 2.05) is 0 Å². The van der Waals surface area contributed by atoms with Crippen LogP contribution < -0.4 is 21.5 Å². The van der Waals surface area contributed by atoms with Gasteiger partial charge in [0, 0.05) is 30.2 Å². The molecule has 1 fully saturated rings. The minimum atomic E-state index is -5.21. The quantitative estimate of drug-likeness (QED) is 0.113. The molecule has 0 aliphatic carbocycles. The molecule has 0 spiro atoms. The van der Waals surface area contributed by atoms with Gasteiger partial charge >= 0.3 is 24.2 Å². The average Bonchev–Trinajstić information content (AvgIpc) is 2.81. The summed E-state index contributed by atoms with van der Waals surface area (Å²) >= 11 is 1.04. The highest BCUT2D eigenvalue weighted by Gasteiger charge is 2.66. The maximum Gasteiger partial charge on any atom is 0.491 e. The molecule has 1 aromatic rings. The number of anilines is 1. The highest BCUT2D eigenvalue weighted by molar-refractivity contribution is 8.00. The van der Waals surface area contributed by atoms with Crippen LogP contribution in [0.15, 0.2) is 29.5 Å². The molecule has 1 saturated heterocycles. The van der Waals surface area contributed by atoms with Crippen molar-refractivity contribution in [1.82, 2.24) is 10.2 Å². The molecule has 0 aromatic heterocycles. The van der Waals surface area contributed by atoms with Gasteiger partial charge in [-0.15, -0.1) is 11.8 Å². The molecule has 0 radical (unpaired) electrons. The molecule has 2 aliphatic rings. The fourth-order valence-electron chi connectivity index (χ4n) is 3.60. The van der Waals surface area contributed by atoms with Gasteiger partial charge in [-0.3, -0.25) is 14.5 Å². The number of alkyl halides is 3. The molecule has 37 heavy (non-hydrogen) atoms. The summed E-state index contributed by atoms with van der Waals surface area (Å²) in [5.74, 6) is -6.10. The van der Waals surface area contributed by atoms with E-state index in [2.05, 4.69) is 14.8 Å². The van der Waals surface area contributed by atoms with Gasteiger partial charge in [0.25, 0.3) is 11.6 Å². The number of aliphatic carboxylic acids is 1. The third-order valence-electron chi connectivity index (χ3n) is 5.26. The fraction of sp³-hybridized carbons (Fsp3) is 0.350. The number of carbonyl (C=O) groups is 5. The number of carboxylic acids is 1. The van der Waals surface area contributed by atoms with Crippen molar-refractivity contribution in [2.24, 2.45) is 5.73 Å². The first kappa shape index (κ1) is 27.6. The largest absolute Gasteiger partial charge is 0.491 e. The van der Waals surface area contributed by atoms with Gasteiger partial charge in [-0.05, 0) is 11.6 Å². The molecule has 6 N–H and O–H groups in total. The number of hydrogen-bond acceptors (Lipinski definition) is 10. The Morgan fingerprint density at radius 3 is 2.51 bits per heavy atom. The Bertz CT molecular complexity index is 1210. The van der Waals surface area contributed by atoms with E-state index in [0.717, 1.165) is 42.0 Å². The summed E-state index contributed by atoms with van der Waals surface area (Å²) in [6, 6.07) is 3.08. The normalized spacial score (nSPS) is 21.0. The second-order valence-corrected chi connectivity index (χ2v) is 8.68. The van der Waals surface area contributed by atoms with E-state index in [1.165, 1.54) is 0 Å². The molecule has 0 saturated carbocycles. The van der Waals surface area contributed by atoms with Crippen LogP contribution in [0.2, 0.25) is 0 Å². The number of hydrogen-bond donors (Lipinski definition) is 4. The summed E-state index contributed by atoms with van der Waals surface area (Å²) in [5, 5.41) is 11.0. The molecule has 1 aromatic carbocycles. The summed E-state index contributed by atoms with van der Waals surface area (Å²) in [6.45, 7) is -0.458. The molecule has 13 nitrogen and oxygen atoms in total. The molecule has 200 valence electrons. The number of esters is 1. The summed E-state index contributed by atoms with van der Waals surface area (Å²) in [7, 11) is 1.13. The number of benzene rings is 1. The Kier molecular flexibility index (Phi) is 7.59. The third-order valence-corrected chi connectivity index (χ3v) is 6.63. The number of ether oxygens (including phenoxy) is 3. The van der Waals surface area contributed by atoms with E-state index in [9.17, 15) is 42.3 Å². The number of rotatable bonds is 8. The second kappa shape index (κ2) is 10.2. The molecule has 3 rings (SSSR count). The average molecular weight is 548 g/mol. The molecular formula is C20H19F3N4O9S. The van der Waals surface area contributed by atoms with E-state index in [4.69, 9.17) is 16.2 Å². The number of nitrogens with two attached hydrogens (primary N) is 2. The number of β-lactam (4-membered cyclic amide) rings is 1. The van der Waals surface area contributed by atoms with E-state index in [-0.39, 0.29) is 22.6 Å². The topological polar surface area (TPSA) is 201 Å². The van der Waals surface area contributed by atoms with Gasteiger partial charge in [0.1, 0.15) is 23.4 Å². The number of primary amides is 1. The first-order valence-corrected chi connectivity index (χ1v) is 11.1. The number of carboxylic acid groups (broad SMARTS) is 1. The van der Waals surface area contributed by atoms with Gasteiger partial charge < -0.3 is 36.1 Å². The number of nitrogens with one attached hydrogen (secondary N) is 1. The highest BCUT2D eigenvalue weighted by atomic mass is 32.2.